The Hall–Kier alpha value is -5.78. The van der Waals surface area contributed by atoms with Crippen LogP contribution in [0.15, 0.2) is 179 Å². The molecule has 0 spiro atoms. The molecular formula is C59H58N4S. The molecule has 9 unspecified atom stereocenters. The van der Waals surface area contributed by atoms with Crippen molar-refractivity contribution in [2.24, 2.45) is 39.6 Å². The molecule has 0 amide bonds. The second-order valence-electron chi connectivity index (χ2n) is 19.5. The van der Waals surface area contributed by atoms with Gasteiger partial charge in [0.25, 0.3) is 0 Å². The van der Waals surface area contributed by atoms with E-state index in [1.165, 1.54) is 73.3 Å². The van der Waals surface area contributed by atoms with E-state index < -0.39 is 0 Å². The van der Waals surface area contributed by atoms with Crippen LogP contribution in [0.4, 0.5) is 0 Å². The van der Waals surface area contributed by atoms with Gasteiger partial charge in [0, 0.05) is 61.0 Å². The summed E-state index contributed by atoms with van der Waals surface area (Å²) in [5.74, 6) is 4.46. The zero-order chi connectivity index (χ0) is 42.7. The van der Waals surface area contributed by atoms with E-state index in [0.717, 1.165) is 54.9 Å². The lowest BCUT2D eigenvalue weighted by molar-refractivity contribution is 0.179. The Bertz CT molecular complexity index is 2850. The lowest BCUT2D eigenvalue weighted by Crippen LogP contribution is -2.43. The number of allylic oxidation sites excluding steroid dienone is 14. The Morgan fingerprint density at radius 3 is 2.56 bits per heavy atom. The molecule has 0 saturated carbocycles. The third-order valence-electron chi connectivity index (χ3n) is 15.5. The molecule has 3 heterocycles. The molecule has 2 aliphatic heterocycles. The highest BCUT2D eigenvalue weighted by atomic mass is 32.1. The Labute approximate surface area is 383 Å². The molecule has 9 atom stereocenters. The molecule has 4 aromatic rings. The van der Waals surface area contributed by atoms with Crippen LogP contribution in [-0.4, -0.2) is 28.8 Å². The molecule has 64 heavy (non-hydrogen) atoms. The van der Waals surface area contributed by atoms with E-state index in [1.54, 1.807) is 0 Å². The van der Waals surface area contributed by atoms with E-state index in [4.69, 9.17) is 9.98 Å². The fourth-order valence-electron chi connectivity index (χ4n) is 12.0. The van der Waals surface area contributed by atoms with Gasteiger partial charge in [-0.3, -0.25) is 0 Å². The van der Waals surface area contributed by atoms with Crippen LogP contribution in [0, 0.1) is 29.6 Å². The van der Waals surface area contributed by atoms with Crippen LogP contribution >= 0.6 is 11.3 Å². The Morgan fingerprint density at radius 1 is 0.766 bits per heavy atom. The lowest BCUT2D eigenvalue weighted by atomic mass is 9.80. The van der Waals surface area contributed by atoms with Gasteiger partial charge in [-0.2, -0.15) is 0 Å². The SMILES string of the molecule is CC1C=CC(C2N=C(c3ccccc3)N=C(c3cc(C4C=CC=C(C5=CCCC=C5)C4)ccc3-c3cccc4c5c(sc34)C3C(C=C5)C4CC=CC=C4N3C3C=CCCC3C)N2)CC1. The summed E-state index contributed by atoms with van der Waals surface area (Å²) in [6, 6.07) is 25.7. The number of hydrogen-bond acceptors (Lipinski definition) is 5. The van der Waals surface area contributed by atoms with Crippen molar-refractivity contribution in [3.05, 3.63) is 196 Å². The van der Waals surface area contributed by atoms with Gasteiger partial charge in [0.05, 0.1) is 12.1 Å². The zero-order valence-electron chi connectivity index (χ0n) is 37.1. The highest BCUT2D eigenvalue weighted by molar-refractivity contribution is 7.20. The average molecular weight is 855 g/mol. The van der Waals surface area contributed by atoms with Crippen molar-refractivity contribution in [1.82, 2.24) is 10.2 Å². The molecule has 12 rings (SSSR count). The summed E-state index contributed by atoms with van der Waals surface area (Å²) >= 11 is 2.05. The van der Waals surface area contributed by atoms with E-state index in [1.807, 2.05) is 11.3 Å². The third-order valence-corrected chi connectivity index (χ3v) is 16.8. The Balaban J connectivity index is 1.01. The summed E-state index contributed by atoms with van der Waals surface area (Å²) in [5.41, 5.74) is 11.8. The summed E-state index contributed by atoms with van der Waals surface area (Å²) in [4.78, 5) is 15.3. The molecule has 1 N–H and O–H groups in total. The first kappa shape index (κ1) is 39.8. The van der Waals surface area contributed by atoms with Gasteiger partial charge in [0.15, 0.2) is 5.84 Å². The lowest BCUT2D eigenvalue weighted by Gasteiger charge is -2.41. The van der Waals surface area contributed by atoms with Crippen LogP contribution in [-0.2, 0) is 0 Å². The first-order valence-electron chi connectivity index (χ1n) is 24.2. The first-order chi connectivity index (χ1) is 31.6. The number of benzene rings is 3. The van der Waals surface area contributed by atoms with Gasteiger partial charge in [-0.1, -0.05) is 160 Å². The normalized spacial score (nSPS) is 30.2. The fraction of sp³-hybridized carbons (Fsp3) is 0.322. The Morgan fingerprint density at radius 2 is 1.70 bits per heavy atom. The van der Waals surface area contributed by atoms with Crippen LogP contribution in [0.2, 0.25) is 0 Å². The third kappa shape index (κ3) is 7.02. The maximum atomic E-state index is 5.49. The standard InChI is InChI=1S/C59H58N4S/c1-37-27-29-41(30-28-37)58-60-57(40-18-7-4-8-19-40)61-59(62-58)51-36-44(43-21-13-20-42(35-43)39-16-5-3-6-17-39)31-32-45(51)48-23-14-24-49-50-34-33-47-46-22-10-12-26-53(46)63(52-25-11-9-15-38(52)2)54(47)56(50)64-55(48)49/h4-5,7-8,10-14,16-21,23-27,29,31-34,36-38,41,43,46-47,52,54,58H,3,6,9,15,22,28,30,35H2,1-2H3,(H,60,61,62). The van der Waals surface area contributed by atoms with Crippen molar-refractivity contribution < 1.29 is 0 Å². The number of thiophene rings is 1. The Kier molecular flexibility index (Phi) is 10.4. The average Bonchev–Trinajstić information content (AvgIpc) is 3.91. The van der Waals surface area contributed by atoms with E-state index in [2.05, 4.69) is 182 Å². The minimum absolute atomic E-state index is 0.110. The van der Waals surface area contributed by atoms with Crippen molar-refractivity contribution in [3.8, 4) is 11.1 Å². The maximum absolute atomic E-state index is 5.49. The molecule has 1 aromatic heterocycles. The molecular weight excluding hydrogens is 797 g/mol. The number of fused-ring (bicyclic) bond motifs is 7. The van der Waals surface area contributed by atoms with Crippen LogP contribution in [0.5, 0.6) is 0 Å². The van der Waals surface area contributed by atoms with E-state index >= 15 is 0 Å². The minimum Gasteiger partial charge on any atom is -0.359 e. The van der Waals surface area contributed by atoms with E-state index in [0.29, 0.717) is 35.8 Å². The molecule has 6 aliphatic carbocycles. The summed E-state index contributed by atoms with van der Waals surface area (Å²) in [6.45, 7) is 4.80. The molecule has 0 radical (unpaired) electrons. The second-order valence-corrected chi connectivity index (χ2v) is 20.5. The largest absolute Gasteiger partial charge is 0.359 e. The molecule has 5 heteroatoms. The predicted molar refractivity (Wildman–Crippen MR) is 270 cm³/mol. The monoisotopic (exact) mass is 854 g/mol. The summed E-state index contributed by atoms with van der Waals surface area (Å²) < 4.78 is 1.37. The van der Waals surface area contributed by atoms with Crippen molar-refractivity contribution in [2.45, 2.75) is 89.4 Å². The van der Waals surface area contributed by atoms with Crippen LogP contribution in [0.25, 0.3) is 27.3 Å². The second kappa shape index (κ2) is 16.7. The predicted octanol–water partition coefficient (Wildman–Crippen LogP) is 14.4. The van der Waals surface area contributed by atoms with Crippen LogP contribution < -0.4 is 5.32 Å². The maximum Gasteiger partial charge on any atom is 0.159 e. The van der Waals surface area contributed by atoms with Crippen molar-refractivity contribution in [1.29, 1.82) is 0 Å². The molecule has 1 saturated heterocycles. The van der Waals surface area contributed by atoms with Crippen LogP contribution in [0.3, 0.4) is 0 Å². The van der Waals surface area contributed by atoms with Gasteiger partial charge in [-0.05, 0) is 103 Å². The smallest absolute Gasteiger partial charge is 0.159 e. The van der Waals surface area contributed by atoms with E-state index in [9.17, 15) is 0 Å². The van der Waals surface area contributed by atoms with Gasteiger partial charge in [-0.15, -0.1) is 11.3 Å². The molecule has 4 nitrogen and oxygen atoms in total. The zero-order valence-corrected chi connectivity index (χ0v) is 37.9. The molecule has 1 fully saturated rings. The van der Waals surface area contributed by atoms with Gasteiger partial charge in [0.2, 0.25) is 0 Å². The van der Waals surface area contributed by atoms with Crippen molar-refractivity contribution in [3.63, 3.8) is 0 Å². The number of hydrogen-bond donors (Lipinski definition) is 1. The minimum atomic E-state index is -0.110. The van der Waals surface area contributed by atoms with Gasteiger partial charge >= 0.3 is 0 Å². The van der Waals surface area contributed by atoms with Gasteiger partial charge < -0.3 is 10.2 Å². The highest BCUT2D eigenvalue weighted by Gasteiger charge is 2.50. The van der Waals surface area contributed by atoms with Crippen molar-refractivity contribution >= 4 is 39.2 Å². The van der Waals surface area contributed by atoms with Crippen LogP contribution in [0.1, 0.15) is 104 Å². The number of aliphatic imine (C=N–C) groups is 2. The first-order valence-corrected chi connectivity index (χ1v) is 25.0. The summed E-state index contributed by atoms with van der Waals surface area (Å²) in [5, 5.41) is 5.35. The van der Waals surface area contributed by atoms with Gasteiger partial charge in [0.1, 0.15) is 12.0 Å². The number of likely N-dealkylation sites (tertiary alicyclic amines) is 1. The number of nitrogens with zero attached hydrogens (tertiary/aromatic N) is 3. The van der Waals surface area contributed by atoms with E-state index in [-0.39, 0.29) is 18.0 Å². The quantitative estimate of drug-likeness (QED) is 0.188. The van der Waals surface area contributed by atoms with Crippen molar-refractivity contribution in [2.75, 3.05) is 0 Å². The molecule has 3 aromatic carbocycles. The summed E-state index contributed by atoms with van der Waals surface area (Å²) in [7, 11) is 0. The number of amidine groups is 2. The number of rotatable bonds is 7. The molecule has 0 bridgehead atoms. The number of nitrogens with one attached hydrogen (secondary N) is 1. The molecule has 320 valence electrons. The molecule has 8 aliphatic rings. The highest BCUT2D eigenvalue weighted by Crippen LogP contribution is 2.58. The van der Waals surface area contributed by atoms with Gasteiger partial charge in [-0.25, -0.2) is 9.98 Å². The topological polar surface area (TPSA) is 40.0 Å². The summed E-state index contributed by atoms with van der Waals surface area (Å²) in [6.07, 6.45) is 44.9. The fourth-order valence-corrected chi connectivity index (χ4v) is 13.5.